The van der Waals surface area contributed by atoms with Crippen molar-refractivity contribution in [2.75, 3.05) is 0 Å². The molecule has 2 heterocycles. The van der Waals surface area contributed by atoms with Crippen LogP contribution in [0.15, 0.2) is 24.3 Å². The molecule has 0 saturated carbocycles. The molecule has 3 rings (SSSR count). The van der Waals surface area contributed by atoms with Gasteiger partial charge < -0.3 is 0 Å². The first-order chi connectivity index (χ1) is 7.20. The lowest BCUT2D eigenvalue weighted by molar-refractivity contribution is -0.621. The van der Waals surface area contributed by atoms with E-state index in [-0.39, 0.29) is 0 Å². The summed E-state index contributed by atoms with van der Waals surface area (Å²) in [5.74, 6) is 2.12. The van der Waals surface area contributed by atoms with Crippen molar-refractivity contribution in [3.8, 4) is 0 Å². The Hall–Kier alpha value is -1.84. The number of rotatable bonds is 0. The molecule has 0 N–H and O–H groups in total. The highest BCUT2D eigenvalue weighted by Crippen LogP contribution is 2.15. The molecular formula is C11H13N4+. The SMILES string of the molecule is Cc1nn(C)c2n1c1ccccc1[n+]2C. The third-order valence-electron chi connectivity index (χ3n) is 2.89. The molecule has 0 radical (unpaired) electrons. The zero-order chi connectivity index (χ0) is 10.6. The van der Waals surface area contributed by atoms with Gasteiger partial charge in [0.25, 0.3) is 0 Å². The normalized spacial score (nSPS) is 11.7. The second-order valence-electron chi connectivity index (χ2n) is 3.85. The predicted molar refractivity (Wildman–Crippen MR) is 57.6 cm³/mol. The van der Waals surface area contributed by atoms with Crippen molar-refractivity contribution >= 4 is 16.8 Å². The van der Waals surface area contributed by atoms with Crippen molar-refractivity contribution in [1.82, 2.24) is 14.2 Å². The Kier molecular flexibility index (Phi) is 1.46. The van der Waals surface area contributed by atoms with Crippen molar-refractivity contribution in [2.24, 2.45) is 14.1 Å². The van der Waals surface area contributed by atoms with Crippen LogP contribution >= 0.6 is 0 Å². The van der Waals surface area contributed by atoms with E-state index in [4.69, 9.17) is 0 Å². The van der Waals surface area contributed by atoms with Crippen molar-refractivity contribution < 1.29 is 4.57 Å². The van der Waals surface area contributed by atoms with Gasteiger partial charge in [-0.2, -0.15) is 4.40 Å². The average molecular weight is 201 g/mol. The Bertz CT molecular complexity index is 660. The van der Waals surface area contributed by atoms with Gasteiger partial charge in [0.05, 0.1) is 14.1 Å². The molecule has 0 spiro atoms. The lowest BCUT2D eigenvalue weighted by Crippen LogP contribution is -2.29. The first-order valence-electron chi connectivity index (χ1n) is 4.99. The van der Waals surface area contributed by atoms with E-state index >= 15 is 0 Å². The maximum absolute atomic E-state index is 4.42. The van der Waals surface area contributed by atoms with Crippen LogP contribution in [0.1, 0.15) is 5.82 Å². The van der Waals surface area contributed by atoms with Gasteiger partial charge >= 0.3 is 5.78 Å². The quantitative estimate of drug-likeness (QED) is 0.497. The molecule has 0 atom stereocenters. The summed E-state index contributed by atoms with van der Waals surface area (Å²) in [6.07, 6.45) is 0. The molecule has 0 aliphatic carbocycles. The molecule has 15 heavy (non-hydrogen) atoms. The van der Waals surface area contributed by atoms with Gasteiger partial charge in [-0.05, 0) is 12.1 Å². The van der Waals surface area contributed by atoms with E-state index in [1.54, 1.807) is 0 Å². The highest BCUT2D eigenvalue weighted by atomic mass is 15.4. The third-order valence-corrected chi connectivity index (χ3v) is 2.89. The Morgan fingerprint density at radius 1 is 1.27 bits per heavy atom. The van der Waals surface area contributed by atoms with E-state index in [0.29, 0.717) is 0 Å². The Balaban J connectivity index is 2.71. The standard InChI is InChI=1S/C11H13N4/c1-8-12-14(3)11-13(2)9-6-4-5-7-10(9)15(8)11/h4-7H,1-3H3/q+1. The number of imidazole rings is 1. The molecule has 1 aromatic carbocycles. The summed E-state index contributed by atoms with van der Waals surface area (Å²) in [5, 5.41) is 4.42. The number of hydrogen-bond acceptors (Lipinski definition) is 1. The average Bonchev–Trinajstić information content (AvgIpc) is 2.68. The monoisotopic (exact) mass is 201 g/mol. The number of fused-ring (bicyclic) bond motifs is 3. The van der Waals surface area contributed by atoms with Crippen LogP contribution in [0.25, 0.3) is 16.8 Å². The number of aromatic nitrogens is 4. The molecule has 3 aromatic rings. The summed E-state index contributed by atoms with van der Waals surface area (Å²) >= 11 is 0. The van der Waals surface area contributed by atoms with Crippen LogP contribution in [0.4, 0.5) is 0 Å². The number of hydrogen-bond donors (Lipinski definition) is 0. The summed E-state index contributed by atoms with van der Waals surface area (Å²) in [6, 6.07) is 8.37. The lowest BCUT2D eigenvalue weighted by atomic mass is 10.3. The van der Waals surface area contributed by atoms with Gasteiger partial charge in [-0.3, -0.25) is 0 Å². The molecule has 0 bridgehead atoms. The highest BCUT2D eigenvalue weighted by Gasteiger charge is 2.21. The maximum Gasteiger partial charge on any atom is 0.390 e. The minimum absolute atomic E-state index is 1.02. The van der Waals surface area contributed by atoms with Crippen LogP contribution in [0.3, 0.4) is 0 Å². The van der Waals surface area contributed by atoms with Gasteiger partial charge in [-0.25, -0.2) is 4.57 Å². The first-order valence-corrected chi connectivity index (χ1v) is 4.99. The second-order valence-corrected chi connectivity index (χ2v) is 3.85. The zero-order valence-corrected chi connectivity index (χ0v) is 9.10. The molecule has 0 fully saturated rings. The number of aryl methyl sites for hydroxylation is 3. The van der Waals surface area contributed by atoms with E-state index in [2.05, 4.69) is 45.4 Å². The molecule has 0 saturated heterocycles. The van der Waals surface area contributed by atoms with Gasteiger partial charge in [0, 0.05) is 6.92 Å². The van der Waals surface area contributed by atoms with Crippen LogP contribution in [0, 0.1) is 6.92 Å². The summed E-state index contributed by atoms with van der Waals surface area (Å²) in [4.78, 5) is 0. The van der Waals surface area contributed by atoms with E-state index < -0.39 is 0 Å². The van der Waals surface area contributed by atoms with Crippen LogP contribution in [-0.2, 0) is 14.1 Å². The number of benzene rings is 1. The highest BCUT2D eigenvalue weighted by molar-refractivity contribution is 5.75. The minimum Gasteiger partial charge on any atom is -0.228 e. The summed E-state index contributed by atoms with van der Waals surface area (Å²) in [7, 11) is 4.04. The van der Waals surface area contributed by atoms with Gasteiger partial charge in [-0.15, -0.1) is 4.68 Å². The summed E-state index contributed by atoms with van der Waals surface area (Å²) < 4.78 is 6.25. The molecule has 0 aliphatic heterocycles. The lowest BCUT2D eigenvalue weighted by Gasteiger charge is -1.88. The Morgan fingerprint density at radius 2 is 2.00 bits per heavy atom. The van der Waals surface area contributed by atoms with E-state index in [1.165, 1.54) is 11.0 Å². The van der Waals surface area contributed by atoms with Crippen molar-refractivity contribution in [2.45, 2.75) is 6.92 Å². The van der Waals surface area contributed by atoms with Crippen LogP contribution in [0.5, 0.6) is 0 Å². The van der Waals surface area contributed by atoms with Crippen molar-refractivity contribution in [1.29, 1.82) is 0 Å². The van der Waals surface area contributed by atoms with Crippen LogP contribution in [-0.4, -0.2) is 14.2 Å². The number of para-hydroxylation sites is 2. The van der Waals surface area contributed by atoms with Crippen molar-refractivity contribution in [3.63, 3.8) is 0 Å². The molecule has 4 heteroatoms. The van der Waals surface area contributed by atoms with Gasteiger partial charge in [0.2, 0.25) is 5.82 Å². The van der Waals surface area contributed by atoms with E-state index in [9.17, 15) is 0 Å². The third kappa shape index (κ3) is 0.909. The fourth-order valence-electron chi connectivity index (χ4n) is 2.29. The summed E-state index contributed by atoms with van der Waals surface area (Å²) in [6.45, 7) is 2.03. The summed E-state index contributed by atoms with van der Waals surface area (Å²) in [5.41, 5.74) is 2.44. The molecular weight excluding hydrogens is 188 g/mol. The second kappa shape index (κ2) is 2.59. The van der Waals surface area contributed by atoms with Crippen molar-refractivity contribution in [3.05, 3.63) is 30.1 Å². The largest absolute Gasteiger partial charge is 0.390 e. The Morgan fingerprint density at radius 3 is 2.80 bits per heavy atom. The molecule has 4 nitrogen and oxygen atoms in total. The number of nitrogens with zero attached hydrogens (tertiary/aromatic N) is 4. The van der Waals surface area contributed by atoms with Gasteiger partial charge in [0.1, 0.15) is 11.0 Å². The molecule has 2 aromatic heterocycles. The zero-order valence-electron chi connectivity index (χ0n) is 9.10. The fourth-order valence-corrected chi connectivity index (χ4v) is 2.29. The molecule has 76 valence electrons. The van der Waals surface area contributed by atoms with E-state index in [1.807, 2.05) is 18.7 Å². The molecule has 0 amide bonds. The Labute approximate surface area is 87.4 Å². The van der Waals surface area contributed by atoms with Crippen LogP contribution in [0.2, 0.25) is 0 Å². The van der Waals surface area contributed by atoms with E-state index in [0.717, 1.165) is 11.6 Å². The maximum atomic E-state index is 4.42. The molecule has 0 unspecified atom stereocenters. The predicted octanol–water partition coefficient (Wildman–Crippen LogP) is 0.959. The minimum atomic E-state index is 1.02. The fraction of sp³-hybridized carbons (Fsp3) is 0.273. The van der Waals surface area contributed by atoms with Gasteiger partial charge in [0.15, 0.2) is 0 Å². The first kappa shape index (κ1) is 8.47. The topological polar surface area (TPSA) is 26.1 Å². The smallest absolute Gasteiger partial charge is 0.228 e. The molecule has 0 aliphatic rings. The van der Waals surface area contributed by atoms with Gasteiger partial charge in [-0.1, -0.05) is 17.2 Å². The van der Waals surface area contributed by atoms with Crippen LogP contribution < -0.4 is 4.57 Å².